The van der Waals surface area contributed by atoms with Crippen molar-refractivity contribution in [1.29, 1.82) is 0 Å². The quantitative estimate of drug-likeness (QED) is 0.154. The molecule has 1 aliphatic heterocycles. The van der Waals surface area contributed by atoms with Crippen LogP contribution in [0.5, 0.6) is 0 Å². The number of benzene rings is 1. The van der Waals surface area contributed by atoms with E-state index in [9.17, 15) is 42.5 Å². The summed E-state index contributed by atoms with van der Waals surface area (Å²) in [6.07, 6.45) is -4.63. The molecule has 214 valence electrons. The molecule has 0 radical (unpaired) electrons. The number of carbonyl (C=O) groups is 4. The molecule has 1 aromatic rings. The van der Waals surface area contributed by atoms with Gasteiger partial charge in [0.25, 0.3) is 5.69 Å². The molecule has 1 amide bonds. The van der Waals surface area contributed by atoms with E-state index in [0.717, 1.165) is 14.2 Å². The van der Waals surface area contributed by atoms with Crippen LogP contribution in [0.25, 0.3) is 6.08 Å². The van der Waals surface area contributed by atoms with E-state index >= 15 is 0 Å². The zero-order chi connectivity index (χ0) is 29.7. The fraction of sp³-hybridized carbons (Fsp3) is 0.520. The first kappa shape index (κ1) is 31.2. The van der Waals surface area contributed by atoms with E-state index in [1.54, 1.807) is 0 Å². The number of ether oxygens (including phenoxy) is 3. The number of hydrogen-bond acceptors (Lipinski definition) is 9. The minimum absolute atomic E-state index is 0.120. The van der Waals surface area contributed by atoms with Gasteiger partial charge < -0.3 is 19.1 Å². The highest BCUT2D eigenvalue weighted by atomic mass is 19.4. The Bertz CT molecular complexity index is 1140. The maximum atomic E-state index is 13.4. The highest BCUT2D eigenvalue weighted by Crippen LogP contribution is 2.38. The Morgan fingerprint density at radius 1 is 1.10 bits per heavy atom. The summed E-state index contributed by atoms with van der Waals surface area (Å²) >= 11 is 0. The van der Waals surface area contributed by atoms with E-state index in [-0.39, 0.29) is 17.7 Å². The summed E-state index contributed by atoms with van der Waals surface area (Å²) < 4.78 is 55.0. The van der Waals surface area contributed by atoms with Gasteiger partial charge in [-0.25, -0.2) is 9.59 Å². The number of methoxy groups -OCH3 is 2. The van der Waals surface area contributed by atoms with Crippen LogP contribution >= 0.6 is 0 Å². The van der Waals surface area contributed by atoms with Crippen LogP contribution < -0.4 is 0 Å². The molecule has 39 heavy (non-hydrogen) atoms. The summed E-state index contributed by atoms with van der Waals surface area (Å²) in [7, 11) is 2.10. The third-order valence-corrected chi connectivity index (χ3v) is 5.95. The molecule has 0 N–H and O–H groups in total. The average Bonchev–Trinajstić information content (AvgIpc) is 3.28. The lowest BCUT2D eigenvalue weighted by Crippen LogP contribution is -2.52. The molecule has 0 spiro atoms. The Kier molecular flexibility index (Phi) is 9.82. The number of nitrogens with zero attached hydrogens (tertiary/aromatic N) is 2. The second-order valence-electron chi connectivity index (χ2n) is 9.77. The second-order valence-corrected chi connectivity index (χ2v) is 9.77. The van der Waals surface area contributed by atoms with Crippen LogP contribution in [0, 0.1) is 22.0 Å². The first-order chi connectivity index (χ1) is 18.0. The van der Waals surface area contributed by atoms with Gasteiger partial charge in [0.2, 0.25) is 0 Å². The highest BCUT2D eigenvalue weighted by molar-refractivity contribution is 5.95. The number of nitro groups is 1. The highest BCUT2D eigenvalue weighted by Gasteiger charge is 2.54. The van der Waals surface area contributed by atoms with Crippen molar-refractivity contribution in [3.05, 3.63) is 45.5 Å². The van der Waals surface area contributed by atoms with Crippen LogP contribution in [-0.2, 0) is 33.4 Å². The standard InChI is InChI=1S/C25H29F3N2O9/c1-24(2,3)39-22(33)19-17(10-11-29(19)23(34)25(26,27)28)18(21(32)38-5)13-15(20(31)37-4)12-14-6-8-16(9-7-14)30(35)36/h6-9,12,17-19H,10-11,13H2,1-5H3/b15-12-/t17-,18-,19-/m0/s1. The molecule has 0 saturated carbocycles. The van der Waals surface area contributed by atoms with E-state index in [2.05, 4.69) is 0 Å². The Morgan fingerprint density at radius 3 is 2.15 bits per heavy atom. The lowest BCUT2D eigenvalue weighted by Gasteiger charge is -2.32. The molecule has 3 atom stereocenters. The fourth-order valence-electron chi connectivity index (χ4n) is 4.32. The van der Waals surface area contributed by atoms with Crippen molar-refractivity contribution >= 4 is 35.6 Å². The molecule has 0 unspecified atom stereocenters. The molecule has 2 rings (SSSR count). The Hall–Kier alpha value is -3.97. The van der Waals surface area contributed by atoms with Crippen molar-refractivity contribution in [3.8, 4) is 0 Å². The van der Waals surface area contributed by atoms with Crippen LogP contribution in [-0.4, -0.2) is 72.2 Å². The normalized spacial score (nSPS) is 18.8. The number of non-ortho nitro benzene ring substituents is 1. The number of rotatable bonds is 8. The maximum Gasteiger partial charge on any atom is 0.471 e. The average molecular weight is 559 g/mol. The topological polar surface area (TPSA) is 142 Å². The Morgan fingerprint density at radius 2 is 1.69 bits per heavy atom. The maximum absolute atomic E-state index is 13.4. The summed E-state index contributed by atoms with van der Waals surface area (Å²) in [4.78, 5) is 61.4. The van der Waals surface area contributed by atoms with Crippen LogP contribution in [0.2, 0.25) is 0 Å². The second kappa shape index (κ2) is 12.3. The monoisotopic (exact) mass is 558 g/mol. The largest absolute Gasteiger partial charge is 0.471 e. The fourth-order valence-corrected chi connectivity index (χ4v) is 4.32. The van der Waals surface area contributed by atoms with Gasteiger partial charge in [0.05, 0.1) is 25.1 Å². The molecular formula is C25H29F3N2O9. The molecule has 1 aliphatic rings. The van der Waals surface area contributed by atoms with Crippen molar-refractivity contribution in [2.24, 2.45) is 11.8 Å². The van der Waals surface area contributed by atoms with Gasteiger partial charge in [-0.3, -0.25) is 19.7 Å². The number of halogens is 3. The molecule has 11 nitrogen and oxygen atoms in total. The Labute approximate surface area is 222 Å². The van der Waals surface area contributed by atoms with E-state index < -0.39 is 71.4 Å². The first-order valence-electron chi connectivity index (χ1n) is 11.7. The summed E-state index contributed by atoms with van der Waals surface area (Å²) in [6.45, 7) is 3.97. The summed E-state index contributed by atoms with van der Waals surface area (Å²) in [5.41, 5.74) is -1.12. The van der Waals surface area contributed by atoms with Gasteiger partial charge in [0.15, 0.2) is 0 Å². The van der Waals surface area contributed by atoms with Gasteiger partial charge in [-0.05, 0) is 57.4 Å². The summed E-state index contributed by atoms with van der Waals surface area (Å²) in [6, 6.07) is 3.28. The predicted octanol–water partition coefficient (Wildman–Crippen LogP) is 3.45. The van der Waals surface area contributed by atoms with Gasteiger partial charge in [0, 0.05) is 30.2 Å². The van der Waals surface area contributed by atoms with E-state index in [1.807, 2.05) is 0 Å². The molecule has 1 fully saturated rings. The van der Waals surface area contributed by atoms with Crippen molar-refractivity contribution in [2.45, 2.75) is 51.4 Å². The zero-order valence-electron chi connectivity index (χ0n) is 21.9. The van der Waals surface area contributed by atoms with Gasteiger partial charge >= 0.3 is 30.0 Å². The molecule has 0 aromatic heterocycles. The number of carbonyl (C=O) groups excluding carboxylic acids is 4. The number of amides is 1. The molecule has 1 aromatic carbocycles. The lowest BCUT2D eigenvalue weighted by molar-refractivity contribution is -0.384. The van der Waals surface area contributed by atoms with E-state index in [0.29, 0.717) is 10.5 Å². The van der Waals surface area contributed by atoms with E-state index in [1.165, 1.54) is 51.1 Å². The number of alkyl halides is 3. The van der Waals surface area contributed by atoms with Gasteiger partial charge in [0.1, 0.15) is 11.6 Å². The molecule has 0 bridgehead atoms. The number of likely N-dealkylation sites (tertiary alicyclic amines) is 1. The molecule has 1 saturated heterocycles. The number of nitro benzene ring substituents is 1. The molecule has 1 heterocycles. The summed E-state index contributed by atoms with van der Waals surface area (Å²) in [5.74, 6) is -7.80. The lowest BCUT2D eigenvalue weighted by atomic mass is 9.81. The number of hydrogen-bond donors (Lipinski definition) is 0. The van der Waals surface area contributed by atoms with Crippen LogP contribution in [0.1, 0.15) is 39.2 Å². The van der Waals surface area contributed by atoms with Crippen LogP contribution in [0.15, 0.2) is 29.8 Å². The third-order valence-electron chi connectivity index (χ3n) is 5.95. The van der Waals surface area contributed by atoms with Crippen molar-refractivity contribution in [2.75, 3.05) is 20.8 Å². The smallest absolute Gasteiger partial charge is 0.469 e. The predicted molar refractivity (Wildman–Crippen MR) is 129 cm³/mol. The summed E-state index contributed by atoms with van der Waals surface area (Å²) in [5, 5.41) is 10.9. The van der Waals surface area contributed by atoms with Gasteiger partial charge in [-0.1, -0.05) is 0 Å². The van der Waals surface area contributed by atoms with Gasteiger partial charge in [-0.15, -0.1) is 0 Å². The van der Waals surface area contributed by atoms with Crippen molar-refractivity contribution in [1.82, 2.24) is 4.90 Å². The number of esters is 3. The minimum atomic E-state index is -5.29. The molecule has 14 heteroatoms. The Balaban J connectivity index is 2.55. The van der Waals surface area contributed by atoms with Crippen LogP contribution in [0.3, 0.4) is 0 Å². The molecular weight excluding hydrogens is 529 g/mol. The van der Waals surface area contributed by atoms with E-state index in [4.69, 9.17) is 14.2 Å². The van der Waals surface area contributed by atoms with Crippen LogP contribution in [0.4, 0.5) is 18.9 Å². The third kappa shape index (κ3) is 8.01. The zero-order valence-corrected chi connectivity index (χ0v) is 21.9. The SMILES string of the molecule is COC(=O)/C(=C\c1ccc([N+](=O)[O-])cc1)C[C@H](C(=O)OC)[C@@H]1CCN(C(=O)C(F)(F)F)[C@@H]1C(=O)OC(C)(C)C. The van der Waals surface area contributed by atoms with Crippen molar-refractivity contribution < 1.29 is 51.5 Å². The minimum Gasteiger partial charge on any atom is -0.469 e. The first-order valence-corrected chi connectivity index (χ1v) is 11.7. The van der Waals surface area contributed by atoms with Gasteiger partial charge in [-0.2, -0.15) is 13.2 Å². The van der Waals surface area contributed by atoms with Crippen molar-refractivity contribution in [3.63, 3.8) is 0 Å². The molecule has 0 aliphatic carbocycles.